The van der Waals surface area contributed by atoms with E-state index in [1.165, 1.54) is 22.3 Å². The summed E-state index contributed by atoms with van der Waals surface area (Å²) < 4.78 is 0. The third kappa shape index (κ3) is 2.04. The lowest BCUT2D eigenvalue weighted by Crippen LogP contribution is -1.93. The van der Waals surface area contributed by atoms with Gasteiger partial charge in [0.2, 0.25) is 0 Å². The van der Waals surface area contributed by atoms with Crippen LogP contribution in [0.1, 0.15) is 49.8 Å². The molecular weight excluding hydrogens is 180 g/mol. The Morgan fingerprint density at radius 1 is 1.20 bits per heavy atom. The topological polar surface area (TPSA) is 0 Å². The van der Waals surface area contributed by atoms with Crippen LogP contribution in [0.15, 0.2) is 29.8 Å². The lowest BCUT2D eigenvalue weighted by atomic mass is 9.93. The van der Waals surface area contributed by atoms with Gasteiger partial charge in [0, 0.05) is 0 Å². The van der Waals surface area contributed by atoms with Crippen LogP contribution < -0.4 is 0 Å². The van der Waals surface area contributed by atoms with E-state index in [0.29, 0.717) is 5.92 Å². The second kappa shape index (κ2) is 4.06. The predicted octanol–water partition coefficient (Wildman–Crippen LogP) is 4.63. The maximum atomic E-state index is 2.31. The third-order valence-electron chi connectivity index (χ3n) is 2.92. The van der Waals surface area contributed by atoms with Crippen molar-refractivity contribution >= 4 is 12.2 Å². The van der Waals surface area contributed by atoms with Crippen molar-refractivity contribution in [2.75, 3.05) is 0 Å². The summed E-state index contributed by atoms with van der Waals surface area (Å²) in [6.45, 7) is 6.71. The molecule has 0 atom stereocenters. The first-order valence-electron chi connectivity index (χ1n) is 5.65. The molecule has 78 valence electrons. The van der Waals surface area contributed by atoms with Crippen LogP contribution in [0.2, 0.25) is 0 Å². The van der Waals surface area contributed by atoms with Gasteiger partial charge in [-0.05, 0) is 36.0 Å². The molecule has 0 heteroatoms. The van der Waals surface area contributed by atoms with Crippen molar-refractivity contribution in [3.63, 3.8) is 0 Å². The summed E-state index contributed by atoms with van der Waals surface area (Å²) in [5.41, 5.74) is 5.66. The van der Waals surface area contributed by atoms with Crippen LogP contribution in [0.4, 0.5) is 0 Å². The molecule has 0 aromatic heterocycles. The largest absolute Gasteiger partial charge is 0.0798 e. The monoisotopic (exact) mass is 198 g/mol. The van der Waals surface area contributed by atoms with E-state index in [1.807, 2.05) is 0 Å². The molecule has 0 saturated heterocycles. The molecule has 0 aliphatic heterocycles. The third-order valence-corrected chi connectivity index (χ3v) is 2.92. The molecule has 0 spiro atoms. The molecule has 1 aliphatic carbocycles. The van der Waals surface area contributed by atoms with Crippen molar-refractivity contribution in [1.29, 1.82) is 0 Å². The summed E-state index contributed by atoms with van der Waals surface area (Å²) in [4.78, 5) is 0. The zero-order chi connectivity index (χ0) is 10.8. The molecule has 2 rings (SSSR count). The second-order valence-electron chi connectivity index (χ2n) is 4.60. The predicted molar refractivity (Wildman–Crippen MR) is 67.8 cm³/mol. The van der Waals surface area contributed by atoms with Crippen LogP contribution in [-0.4, -0.2) is 0 Å². The van der Waals surface area contributed by atoms with Gasteiger partial charge in [-0.2, -0.15) is 0 Å². The molecule has 0 N–H and O–H groups in total. The standard InChI is InChI=1S/C15H18/c1-11(2)14-8-5-7-13-10-12(3)6-4-9-15(13)14/h4-5,7-11H,6H2,1-3H3. The number of benzene rings is 1. The zero-order valence-corrected chi connectivity index (χ0v) is 9.75. The van der Waals surface area contributed by atoms with E-state index in [9.17, 15) is 0 Å². The van der Waals surface area contributed by atoms with E-state index >= 15 is 0 Å². The smallest absolute Gasteiger partial charge is 0.0135 e. The highest BCUT2D eigenvalue weighted by molar-refractivity contribution is 5.71. The molecule has 15 heavy (non-hydrogen) atoms. The SMILES string of the molecule is CC1=Cc2cccc(C(C)C)c2C=CC1. The molecular formula is C15H18. The Kier molecular flexibility index (Phi) is 2.77. The molecule has 0 nitrogen and oxygen atoms in total. The van der Waals surface area contributed by atoms with Crippen LogP contribution in [0, 0.1) is 0 Å². The molecule has 0 saturated carbocycles. The van der Waals surface area contributed by atoms with Crippen LogP contribution in [-0.2, 0) is 0 Å². The molecule has 1 aromatic rings. The summed E-state index contributed by atoms with van der Waals surface area (Å²) in [6.07, 6.45) is 7.93. The number of hydrogen-bond acceptors (Lipinski definition) is 0. The van der Waals surface area contributed by atoms with Crippen LogP contribution in [0.3, 0.4) is 0 Å². The highest BCUT2D eigenvalue weighted by atomic mass is 14.1. The van der Waals surface area contributed by atoms with Crippen molar-refractivity contribution in [2.24, 2.45) is 0 Å². The minimum Gasteiger partial charge on any atom is -0.0798 e. The van der Waals surface area contributed by atoms with Crippen LogP contribution in [0.5, 0.6) is 0 Å². The fraction of sp³-hybridized carbons (Fsp3) is 0.333. The molecule has 0 amide bonds. The van der Waals surface area contributed by atoms with Gasteiger partial charge < -0.3 is 0 Å². The van der Waals surface area contributed by atoms with Gasteiger partial charge in [0.05, 0.1) is 0 Å². The molecule has 1 aliphatic rings. The highest BCUT2D eigenvalue weighted by Gasteiger charge is 2.09. The van der Waals surface area contributed by atoms with Gasteiger partial charge in [-0.25, -0.2) is 0 Å². The van der Waals surface area contributed by atoms with Gasteiger partial charge >= 0.3 is 0 Å². The molecule has 0 radical (unpaired) electrons. The Morgan fingerprint density at radius 2 is 2.00 bits per heavy atom. The first kappa shape index (κ1) is 10.2. The Hall–Kier alpha value is -1.30. The number of hydrogen-bond donors (Lipinski definition) is 0. The normalized spacial score (nSPS) is 14.8. The molecule has 0 heterocycles. The molecule has 0 bridgehead atoms. The minimum absolute atomic E-state index is 0.594. The Labute approximate surface area is 92.3 Å². The highest BCUT2D eigenvalue weighted by Crippen LogP contribution is 2.28. The van der Waals surface area contributed by atoms with Gasteiger partial charge in [0.15, 0.2) is 0 Å². The Balaban J connectivity index is 2.61. The lowest BCUT2D eigenvalue weighted by Gasteiger charge is -2.12. The van der Waals surface area contributed by atoms with Gasteiger partial charge in [0.25, 0.3) is 0 Å². The van der Waals surface area contributed by atoms with Crippen LogP contribution in [0.25, 0.3) is 12.2 Å². The zero-order valence-electron chi connectivity index (χ0n) is 9.75. The molecule has 1 aromatic carbocycles. The lowest BCUT2D eigenvalue weighted by molar-refractivity contribution is 0.863. The Bertz CT molecular complexity index is 420. The fourth-order valence-electron chi connectivity index (χ4n) is 2.11. The summed E-state index contributed by atoms with van der Waals surface area (Å²) >= 11 is 0. The van der Waals surface area contributed by atoms with Gasteiger partial charge in [0.1, 0.15) is 0 Å². The summed E-state index contributed by atoms with van der Waals surface area (Å²) in [6, 6.07) is 6.61. The minimum atomic E-state index is 0.594. The van der Waals surface area contributed by atoms with Crippen molar-refractivity contribution in [1.82, 2.24) is 0 Å². The van der Waals surface area contributed by atoms with Gasteiger partial charge in [-0.1, -0.05) is 55.8 Å². The first-order valence-corrected chi connectivity index (χ1v) is 5.65. The van der Waals surface area contributed by atoms with E-state index in [-0.39, 0.29) is 0 Å². The molecule has 0 unspecified atom stereocenters. The molecule has 0 fully saturated rings. The van der Waals surface area contributed by atoms with Gasteiger partial charge in [-0.15, -0.1) is 0 Å². The average molecular weight is 198 g/mol. The second-order valence-corrected chi connectivity index (χ2v) is 4.60. The quantitative estimate of drug-likeness (QED) is 0.617. The van der Waals surface area contributed by atoms with Crippen molar-refractivity contribution in [2.45, 2.75) is 33.1 Å². The van der Waals surface area contributed by atoms with Crippen molar-refractivity contribution < 1.29 is 0 Å². The maximum Gasteiger partial charge on any atom is -0.0135 e. The average Bonchev–Trinajstić information content (AvgIpc) is 2.37. The summed E-state index contributed by atoms with van der Waals surface area (Å²) in [5.74, 6) is 0.594. The van der Waals surface area contributed by atoms with E-state index in [2.05, 4.69) is 57.2 Å². The van der Waals surface area contributed by atoms with E-state index in [1.54, 1.807) is 0 Å². The van der Waals surface area contributed by atoms with Crippen molar-refractivity contribution in [3.05, 3.63) is 46.5 Å². The van der Waals surface area contributed by atoms with E-state index in [0.717, 1.165) is 6.42 Å². The summed E-state index contributed by atoms with van der Waals surface area (Å²) in [7, 11) is 0. The number of allylic oxidation sites excluding steroid dienone is 2. The number of fused-ring (bicyclic) bond motifs is 1. The van der Waals surface area contributed by atoms with Crippen LogP contribution >= 0.6 is 0 Å². The fourth-order valence-corrected chi connectivity index (χ4v) is 2.11. The Morgan fingerprint density at radius 3 is 2.73 bits per heavy atom. The summed E-state index contributed by atoms with van der Waals surface area (Å²) in [5, 5.41) is 0. The number of rotatable bonds is 1. The van der Waals surface area contributed by atoms with Gasteiger partial charge in [-0.3, -0.25) is 0 Å². The first-order chi connectivity index (χ1) is 7.18. The van der Waals surface area contributed by atoms with E-state index < -0.39 is 0 Å². The maximum absolute atomic E-state index is 2.31. The van der Waals surface area contributed by atoms with Crippen molar-refractivity contribution in [3.8, 4) is 0 Å². The van der Waals surface area contributed by atoms with E-state index in [4.69, 9.17) is 0 Å².